The Morgan fingerprint density at radius 3 is 2.17 bits per heavy atom. The number of carbonyl (C=O) groups excluding carboxylic acids is 3. The second-order valence-electron chi connectivity index (χ2n) is 12.0. The van der Waals surface area contributed by atoms with Crippen LogP contribution in [0.25, 0.3) is 17.4 Å². The molecular weight excluding hydrogens is 703 g/mol. The fourth-order valence-electron chi connectivity index (χ4n) is 5.69. The van der Waals surface area contributed by atoms with Gasteiger partial charge in [-0.15, -0.1) is 11.8 Å². The molecule has 1 atom stereocenters. The maximum Gasteiger partial charge on any atom is 0.272 e. The molecule has 1 aliphatic heterocycles. The van der Waals surface area contributed by atoms with Gasteiger partial charge in [-0.1, -0.05) is 60.7 Å². The van der Waals surface area contributed by atoms with Crippen LogP contribution in [0.15, 0.2) is 155 Å². The van der Waals surface area contributed by atoms with Crippen LogP contribution in [0.2, 0.25) is 0 Å². The molecule has 0 bridgehead atoms. The van der Waals surface area contributed by atoms with Crippen molar-refractivity contribution in [2.75, 3.05) is 31.0 Å². The number of fused-ring (bicyclic) bond motifs is 1. The van der Waals surface area contributed by atoms with Crippen molar-refractivity contribution >= 4 is 46.9 Å². The molecule has 3 N–H and O–H groups in total. The van der Waals surface area contributed by atoms with Gasteiger partial charge in [0.2, 0.25) is 5.91 Å². The molecule has 11 heteroatoms. The number of hydrogen-bond donors (Lipinski definition) is 3. The summed E-state index contributed by atoms with van der Waals surface area (Å²) in [4.78, 5) is 41.4. The van der Waals surface area contributed by atoms with Crippen molar-refractivity contribution in [1.29, 1.82) is 0 Å². The van der Waals surface area contributed by atoms with Crippen molar-refractivity contribution in [3.05, 3.63) is 162 Å². The highest BCUT2D eigenvalue weighted by atomic mass is 32.2. The van der Waals surface area contributed by atoms with Gasteiger partial charge < -0.3 is 34.6 Å². The number of para-hydroxylation sites is 1. The molecule has 54 heavy (non-hydrogen) atoms. The minimum absolute atomic E-state index is 0.0248. The number of hydrogen-bond acceptors (Lipinski definition) is 8. The van der Waals surface area contributed by atoms with Crippen LogP contribution in [-0.4, -0.2) is 38.0 Å². The number of ether oxygens (including phenoxy) is 3. The zero-order valence-corrected chi connectivity index (χ0v) is 29.9. The van der Waals surface area contributed by atoms with E-state index in [0.29, 0.717) is 58.9 Å². The van der Waals surface area contributed by atoms with Crippen molar-refractivity contribution in [1.82, 2.24) is 5.32 Å². The number of amides is 3. The largest absolute Gasteiger partial charge is 0.496 e. The summed E-state index contributed by atoms with van der Waals surface area (Å²) in [6.07, 6.45) is 1.48. The van der Waals surface area contributed by atoms with Gasteiger partial charge in [0.25, 0.3) is 11.8 Å². The van der Waals surface area contributed by atoms with Crippen LogP contribution in [0.1, 0.15) is 26.9 Å². The molecule has 0 spiro atoms. The van der Waals surface area contributed by atoms with Crippen LogP contribution in [-0.2, 0) is 9.59 Å². The van der Waals surface area contributed by atoms with Gasteiger partial charge in [-0.3, -0.25) is 14.4 Å². The number of furan rings is 1. The molecule has 0 saturated carbocycles. The third kappa shape index (κ3) is 8.66. The number of thioether (sulfide) groups is 1. The van der Waals surface area contributed by atoms with E-state index in [-0.39, 0.29) is 11.6 Å². The lowest BCUT2D eigenvalue weighted by atomic mass is 10.1. The topological polar surface area (TPSA) is 128 Å². The van der Waals surface area contributed by atoms with E-state index < -0.39 is 17.1 Å². The van der Waals surface area contributed by atoms with Crippen LogP contribution in [0.4, 0.5) is 11.4 Å². The zero-order chi connectivity index (χ0) is 37.3. The zero-order valence-electron chi connectivity index (χ0n) is 29.1. The molecule has 0 unspecified atom stereocenters. The number of anilines is 2. The monoisotopic (exact) mass is 737 g/mol. The number of nitrogens with one attached hydrogen (secondary N) is 3. The van der Waals surface area contributed by atoms with E-state index in [9.17, 15) is 14.4 Å². The van der Waals surface area contributed by atoms with Gasteiger partial charge in [0, 0.05) is 34.0 Å². The summed E-state index contributed by atoms with van der Waals surface area (Å²) in [7, 11) is 1.58. The van der Waals surface area contributed by atoms with E-state index in [1.165, 1.54) is 17.8 Å². The molecule has 2 heterocycles. The second kappa shape index (κ2) is 16.7. The van der Waals surface area contributed by atoms with Gasteiger partial charge in [0.15, 0.2) is 11.5 Å². The summed E-state index contributed by atoms with van der Waals surface area (Å²) in [6, 6.07) is 41.5. The Morgan fingerprint density at radius 2 is 1.41 bits per heavy atom. The lowest BCUT2D eigenvalue weighted by Gasteiger charge is -2.20. The summed E-state index contributed by atoms with van der Waals surface area (Å²) in [6.45, 7) is 0.923. The van der Waals surface area contributed by atoms with E-state index in [0.717, 1.165) is 16.0 Å². The predicted molar refractivity (Wildman–Crippen MR) is 209 cm³/mol. The molecular formula is C43H35N3O7S. The molecule has 270 valence electrons. The average Bonchev–Trinajstić information content (AvgIpc) is 3.69. The van der Waals surface area contributed by atoms with Crippen LogP contribution in [0.3, 0.4) is 0 Å². The number of rotatable bonds is 12. The minimum Gasteiger partial charge on any atom is -0.496 e. The van der Waals surface area contributed by atoms with Gasteiger partial charge in [0.05, 0.1) is 12.7 Å². The molecule has 0 radical (unpaired) electrons. The fraction of sp³-hybridized carbons (Fsp3) is 0.0930. The second-order valence-corrected chi connectivity index (χ2v) is 13.2. The molecule has 7 rings (SSSR count). The summed E-state index contributed by atoms with van der Waals surface area (Å²) >= 11 is 1.37. The van der Waals surface area contributed by atoms with Gasteiger partial charge in [0.1, 0.15) is 41.4 Å². The standard InChI is InChI=1S/C43H35N3O7S/c1-50-36-15-9-8-14-34(36)37-23-19-32(53-37)27-35(46-41(47)29-12-6-3-7-13-29)42(48)44-30-16-20-33(21-17-30)54-40(28-10-4-2-5-11-28)43(49)45-31-18-22-38-39(26-31)52-25-24-51-38/h2-23,26-27,40H,24-25H2,1H3,(H,44,48)(H,45,49)(H,46,47)/b35-27-/t40-/m1/s1. The first kappa shape index (κ1) is 35.7. The predicted octanol–water partition coefficient (Wildman–Crippen LogP) is 8.61. The fourth-order valence-corrected chi connectivity index (χ4v) is 6.71. The molecule has 0 fully saturated rings. The van der Waals surface area contributed by atoms with E-state index >= 15 is 0 Å². The maximum absolute atomic E-state index is 13.7. The summed E-state index contributed by atoms with van der Waals surface area (Å²) in [5.41, 5.74) is 3.01. The van der Waals surface area contributed by atoms with E-state index in [1.54, 1.807) is 79.9 Å². The number of benzene rings is 5. The molecule has 10 nitrogen and oxygen atoms in total. The Kier molecular flexibility index (Phi) is 11.1. The Labute approximate surface area is 316 Å². The van der Waals surface area contributed by atoms with Crippen LogP contribution in [0.5, 0.6) is 17.2 Å². The van der Waals surface area contributed by atoms with Crippen LogP contribution in [0, 0.1) is 0 Å². The van der Waals surface area contributed by atoms with Crippen molar-refractivity contribution in [3.63, 3.8) is 0 Å². The lowest BCUT2D eigenvalue weighted by molar-refractivity contribution is -0.116. The van der Waals surface area contributed by atoms with E-state index in [4.69, 9.17) is 18.6 Å². The number of carbonyl (C=O) groups is 3. The Morgan fingerprint density at radius 1 is 0.722 bits per heavy atom. The Hall–Kier alpha value is -6.72. The first-order valence-electron chi connectivity index (χ1n) is 17.1. The van der Waals surface area contributed by atoms with Gasteiger partial charge in [-0.25, -0.2) is 0 Å². The van der Waals surface area contributed by atoms with Crippen molar-refractivity contribution < 1.29 is 33.0 Å². The Bertz CT molecular complexity index is 2290. The minimum atomic E-state index is -0.586. The smallest absolute Gasteiger partial charge is 0.272 e. The molecule has 1 aromatic heterocycles. The van der Waals surface area contributed by atoms with Gasteiger partial charge in [-0.05, 0) is 78.4 Å². The first-order chi connectivity index (χ1) is 26.4. The summed E-state index contributed by atoms with van der Waals surface area (Å²) < 4.78 is 22.8. The molecule has 6 aromatic rings. The number of methoxy groups -OCH3 is 1. The molecule has 0 aliphatic carbocycles. The van der Waals surface area contributed by atoms with E-state index in [1.807, 2.05) is 66.7 Å². The highest BCUT2D eigenvalue weighted by Gasteiger charge is 2.24. The van der Waals surface area contributed by atoms with Crippen molar-refractivity contribution in [2.24, 2.45) is 0 Å². The third-order valence-corrected chi connectivity index (χ3v) is 9.60. The average molecular weight is 738 g/mol. The van der Waals surface area contributed by atoms with E-state index in [2.05, 4.69) is 16.0 Å². The van der Waals surface area contributed by atoms with Gasteiger partial charge >= 0.3 is 0 Å². The van der Waals surface area contributed by atoms with Crippen molar-refractivity contribution in [3.8, 4) is 28.6 Å². The van der Waals surface area contributed by atoms with Crippen LogP contribution < -0.4 is 30.2 Å². The quantitative estimate of drug-likeness (QED) is 0.0842. The van der Waals surface area contributed by atoms with Gasteiger partial charge in [-0.2, -0.15) is 0 Å². The van der Waals surface area contributed by atoms with Crippen molar-refractivity contribution in [2.45, 2.75) is 10.1 Å². The normalized spacial score (nSPS) is 12.6. The summed E-state index contributed by atoms with van der Waals surface area (Å²) in [5.74, 6) is 1.52. The molecule has 1 aliphatic rings. The lowest BCUT2D eigenvalue weighted by Crippen LogP contribution is -2.30. The molecule has 3 amide bonds. The maximum atomic E-state index is 13.7. The highest BCUT2D eigenvalue weighted by Crippen LogP contribution is 2.38. The molecule has 0 saturated heterocycles. The third-order valence-electron chi connectivity index (χ3n) is 8.33. The first-order valence-corrected chi connectivity index (χ1v) is 18.0. The Balaban J connectivity index is 1.09. The SMILES string of the molecule is COc1ccccc1-c1ccc(/C=C(\NC(=O)c2ccccc2)C(=O)Nc2ccc(S[C@@H](C(=O)Nc3ccc4c(c3)OCCO4)c3ccccc3)cc2)o1. The summed E-state index contributed by atoms with van der Waals surface area (Å²) in [5, 5.41) is 8.05. The highest BCUT2D eigenvalue weighted by molar-refractivity contribution is 8.00. The molecule has 5 aromatic carbocycles. The van der Waals surface area contributed by atoms with Crippen LogP contribution >= 0.6 is 11.8 Å².